The summed E-state index contributed by atoms with van der Waals surface area (Å²) < 4.78 is 0. The van der Waals surface area contributed by atoms with Crippen molar-refractivity contribution in [3.05, 3.63) is 0 Å². The smallest absolute Gasteiger partial charge is 0.223 e. The fourth-order valence-electron chi connectivity index (χ4n) is 3.04. The van der Waals surface area contributed by atoms with Gasteiger partial charge in [-0.15, -0.1) is 12.4 Å². The van der Waals surface area contributed by atoms with E-state index >= 15 is 0 Å². The monoisotopic (exact) mass is 336 g/mol. The SMILES string of the molecule is CCSCCC(C)N(C)C(=O)CC1(CN)CCCCC1.Cl. The molecule has 1 fully saturated rings. The minimum Gasteiger partial charge on any atom is -0.343 e. The Labute approximate surface area is 141 Å². The van der Waals surface area contributed by atoms with E-state index in [-0.39, 0.29) is 23.7 Å². The third-order valence-electron chi connectivity index (χ3n) is 4.81. The molecule has 126 valence electrons. The first-order chi connectivity index (χ1) is 9.54. The van der Waals surface area contributed by atoms with E-state index in [4.69, 9.17) is 5.73 Å². The minimum absolute atomic E-state index is 0. The second-order valence-electron chi connectivity index (χ2n) is 6.28. The number of nitrogens with two attached hydrogens (primary N) is 1. The van der Waals surface area contributed by atoms with Gasteiger partial charge in [0.25, 0.3) is 0 Å². The predicted molar refractivity (Wildman–Crippen MR) is 96.3 cm³/mol. The molecule has 3 nitrogen and oxygen atoms in total. The summed E-state index contributed by atoms with van der Waals surface area (Å²) in [5.41, 5.74) is 6.07. The summed E-state index contributed by atoms with van der Waals surface area (Å²) in [6.07, 6.45) is 7.75. The first-order valence-corrected chi connectivity index (χ1v) is 9.23. The highest BCUT2D eigenvalue weighted by atomic mass is 35.5. The number of carbonyl (C=O) groups is 1. The zero-order valence-corrected chi connectivity index (χ0v) is 15.5. The Morgan fingerprint density at radius 1 is 1.33 bits per heavy atom. The molecule has 1 atom stereocenters. The van der Waals surface area contributed by atoms with Crippen LogP contribution in [0.25, 0.3) is 0 Å². The van der Waals surface area contributed by atoms with Crippen molar-refractivity contribution in [2.24, 2.45) is 11.1 Å². The standard InChI is InChI=1S/C16H32N2OS.ClH/c1-4-20-11-8-14(2)18(3)15(19)12-16(13-17)9-6-5-7-10-16;/h14H,4-13,17H2,1-3H3;1H. The van der Waals surface area contributed by atoms with Crippen LogP contribution in [0.3, 0.4) is 0 Å². The summed E-state index contributed by atoms with van der Waals surface area (Å²) >= 11 is 1.95. The summed E-state index contributed by atoms with van der Waals surface area (Å²) in [6, 6.07) is 0.333. The first-order valence-electron chi connectivity index (χ1n) is 8.08. The second-order valence-corrected chi connectivity index (χ2v) is 7.67. The van der Waals surface area contributed by atoms with Crippen molar-refractivity contribution in [2.45, 2.75) is 64.8 Å². The molecule has 5 heteroatoms. The Morgan fingerprint density at radius 3 is 2.48 bits per heavy atom. The van der Waals surface area contributed by atoms with Crippen LogP contribution in [-0.4, -0.2) is 41.9 Å². The number of hydrogen-bond acceptors (Lipinski definition) is 3. The third kappa shape index (κ3) is 6.79. The number of hydrogen-bond donors (Lipinski definition) is 1. The lowest BCUT2D eigenvalue weighted by Crippen LogP contribution is -2.42. The molecule has 1 aliphatic rings. The van der Waals surface area contributed by atoms with Crippen LogP contribution in [0.1, 0.15) is 58.8 Å². The van der Waals surface area contributed by atoms with Crippen LogP contribution in [0, 0.1) is 5.41 Å². The van der Waals surface area contributed by atoms with E-state index in [9.17, 15) is 4.79 Å². The lowest BCUT2D eigenvalue weighted by molar-refractivity contribution is -0.134. The summed E-state index contributed by atoms with van der Waals surface area (Å²) in [5, 5.41) is 0. The van der Waals surface area contributed by atoms with Crippen molar-refractivity contribution in [3.63, 3.8) is 0 Å². The molecular weight excluding hydrogens is 304 g/mol. The van der Waals surface area contributed by atoms with E-state index < -0.39 is 0 Å². The quantitative estimate of drug-likeness (QED) is 0.687. The number of rotatable bonds is 8. The molecule has 0 bridgehead atoms. The van der Waals surface area contributed by atoms with Crippen LogP contribution >= 0.6 is 24.2 Å². The van der Waals surface area contributed by atoms with Crippen LogP contribution < -0.4 is 5.73 Å². The van der Waals surface area contributed by atoms with Crippen LogP contribution in [0.2, 0.25) is 0 Å². The van der Waals surface area contributed by atoms with Crippen molar-refractivity contribution in [1.82, 2.24) is 4.90 Å². The molecule has 0 heterocycles. The van der Waals surface area contributed by atoms with Crippen molar-refractivity contribution in [1.29, 1.82) is 0 Å². The van der Waals surface area contributed by atoms with E-state index in [1.807, 2.05) is 23.7 Å². The Balaban J connectivity index is 0.00000400. The summed E-state index contributed by atoms with van der Waals surface area (Å²) in [5.74, 6) is 2.57. The molecule has 0 aromatic carbocycles. The van der Waals surface area contributed by atoms with Gasteiger partial charge in [-0.1, -0.05) is 26.2 Å². The van der Waals surface area contributed by atoms with Crippen molar-refractivity contribution >= 4 is 30.1 Å². The van der Waals surface area contributed by atoms with Gasteiger partial charge in [-0.3, -0.25) is 4.79 Å². The van der Waals surface area contributed by atoms with Gasteiger partial charge in [-0.2, -0.15) is 11.8 Å². The average Bonchev–Trinajstić information content (AvgIpc) is 2.47. The molecular formula is C16H33ClN2OS. The number of amides is 1. The maximum atomic E-state index is 12.5. The molecule has 1 rings (SSSR count). The van der Waals surface area contributed by atoms with Gasteiger partial charge in [0.15, 0.2) is 0 Å². The molecule has 1 unspecified atom stereocenters. The number of nitrogens with zero attached hydrogens (tertiary/aromatic N) is 1. The highest BCUT2D eigenvalue weighted by molar-refractivity contribution is 7.99. The minimum atomic E-state index is 0. The zero-order valence-electron chi connectivity index (χ0n) is 13.9. The molecule has 0 aromatic rings. The van der Waals surface area contributed by atoms with E-state index in [0.717, 1.165) is 30.8 Å². The van der Waals surface area contributed by atoms with Crippen molar-refractivity contribution in [2.75, 3.05) is 25.1 Å². The molecule has 1 saturated carbocycles. The van der Waals surface area contributed by atoms with Crippen LogP contribution in [-0.2, 0) is 4.79 Å². The van der Waals surface area contributed by atoms with Crippen molar-refractivity contribution < 1.29 is 4.79 Å². The highest BCUT2D eigenvalue weighted by Gasteiger charge is 2.34. The van der Waals surface area contributed by atoms with Crippen molar-refractivity contribution in [3.8, 4) is 0 Å². The van der Waals surface area contributed by atoms with E-state index in [0.29, 0.717) is 19.0 Å². The zero-order chi connectivity index (χ0) is 15.0. The molecule has 0 radical (unpaired) electrons. The molecule has 0 aromatic heterocycles. The van der Waals surface area contributed by atoms with E-state index in [2.05, 4.69) is 13.8 Å². The summed E-state index contributed by atoms with van der Waals surface area (Å²) in [7, 11) is 1.96. The molecule has 0 saturated heterocycles. The van der Waals surface area contributed by atoms with E-state index in [1.165, 1.54) is 19.3 Å². The number of halogens is 1. The van der Waals surface area contributed by atoms with Gasteiger partial charge in [-0.05, 0) is 49.7 Å². The van der Waals surface area contributed by atoms with Gasteiger partial charge in [0.05, 0.1) is 0 Å². The Hall–Kier alpha value is 0.0700. The molecule has 0 spiro atoms. The van der Waals surface area contributed by atoms with Gasteiger partial charge in [-0.25, -0.2) is 0 Å². The Bertz CT molecular complexity index is 296. The fraction of sp³-hybridized carbons (Fsp3) is 0.938. The van der Waals surface area contributed by atoms with Gasteiger partial charge in [0, 0.05) is 19.5 Å². The fourth-order valence-corrected chi connectivity index (χ4v) is 3.83. The van der Waals surface area contributed by atoms with Gasteiger partial charge >= 0.3 is 0 Å². The summed E-state index contributed by atoms with van der Waals surface area (Å²) in [4.78, 5) is 14.5. The molecule has 2 N–H and O–H groups in total. The largest absolute Gasteiger partial charge is 0.343 e. The van der Waals surface area contributed by atoms with Crippen LogP contribution in [0.5, 0.6) is 0 Å². The molecule has 1 aliphatic carbocycles. The normalized spacial score (nSPS) is 18.7. The third-order valence-corrected chi connectivity index (χ3v) is 5.74. The molecule has 0 aliphatic heterocycles. The average molecular weight is 337 g/mol. The number of carbonyl (C=O) groups excluding carboxylic acids is 1. The molecule has 21 heavy (non-hydrogen) atoms. The number of thioether (sulfide) groups is 1. The lowest BCUT2D eigenvalue weighted by atomic mass is 9.71. The Kier molecular flexibility index (Phi) is 10.8. The van der Waals surface area contributed by atoms with Crippen LogP contribution in [0.4, 0.5) is 0 Å². The first kappa shape index (κ1) is 21.1. The summed E-state index contributed by atoms with van der Waals surface area (Å²) in [6.45, 7) is 5.00. The Morgan fingerprint density at radius 2 is 1.95 bits per heavy atom. The van der Waals surface area contributed by atoms with Gasteiger partial charge in [0.1, 0.15) is 0 Å². The maximum Gasteiger partial charge on any atom is 0.223 e. The van der Waals surface area contributed by atoms with Crippen LogP contribution in [0.15, 0.2) is 0 Å². The predicted octanol–water partition coefficient (Wildman–Crippen LogP) is 3.70. The second kappa shape index (κ2) is 10.7. The topological polar surface area (TPSA) is 46.3 Å². The van der Waals surface area contributed by atoms with Gasteiger partial charge in [0.2, 0.25) is 5.91 Å². The highest BCUT2D eigenvalue weighted by Crippen LogP contribution is 2.38. The molecule has 1 amide bonds. The van der Waals surface area contributed by atoms with Gasteiger partial charge < -0.3 is 10.6 Å². The van der Waals surface area contributed by atoms with E-state index in [1.54, 1.807) is 0 Å². The lowest BCUT2D eigenvalue weighted by Gasteiger charge is -2.37. The maximum absolute atomic E-state index is 12.5.